The van der Waals surface area contributed by atoms with E-state index in [2.05, 4.69) is 15.9 Å². The summed E-state index contributed by atoms with van der Waals surface area (Å²) >= 11 is 0. The minimum atomic E-state index is -0.258. The summed E-state index contributed by atoms with van der Waals surface area (Å²) in [5.41, 5.74) is 2.63. The number of benzene rings is 2. The van der Waals surface area contributed by atoms with Gasteiger partial charge in [-0.25, -0.2) is 4.79 Å². The third-order valence-electron chi connectivity index (χ3n) is 5.93. The molecule has 2 heterocycles. The summed E-state index contributed by atoms with van der Waals surface area (Å²) in [6.45, 7) is 3.79. The van der Waals surface area contributed by atoms with Crippen molar-refractivity contribution in [3.63, 3.8) is 0 Å². The van der Waals surface area contributed by atoms with Crippen LogP contribution in [0.3, 0.4) is 0 Å². The van der Waals surface area contributed by atoms with Crippen LogP contribution in [0.25, 0.3) is 5.76 Å². The zero-order valence-electron chi connectivity index (χ0n) is 17.7. The van der Waals surface area contributed by atoms with Crippen LogP contribution in [0, 0.1) is 0 Å². The van der Waals surface area contributed by atoms with Gasteiger partial charge >= 0.3 is 5.97 Å². The number of piperidine rings is 1. The maximum Gasteiger partial charge on any atom is 0.338 e. The lowest BCUT2D eigenvalue weighted by atomic mass is 9.86. The molecule has 2 aliphatic heterocycles. The second-order valence-electron chi connectivity index (χ2n) is 7.88. The van der Waals surface area contributed by atoms with Crippen LogP contribution in [-0.2, 0) is 9.47 Å². The van der Waals surface area contributed by atoms with Gasteiger partial charge in [0.2, 0.25) is 0 Å². The van der Waals surface area contributed by atoms with Crippen molar-refractivity contribution in [2.45, 2.75) is 18.8 Å². The van der Waals surface area contributed by atoms with Gasteiger partial charge in [-0.05, 0) is 55.6 Å². The summed E-state index contributed by atoms with van der Waals surface area (Å²) < 4.78 is 10.6. The molecule has 0 amide bonds. The first-order valence-electron chi connectivity index (χ1n) is 10.6. The first kappa shape index (κ1) is 21.0. The van der Waals surface area contributed by atoms with Crippen molar-refractivity contribution in [3.05, 3.63) is 83.9 Å². The fraction of sp³-hybridized carbons (Fsp3) is 0.320. The lowest BCUT2D eigenvalue weighted by Crippen LogP contribution is -2.37. The SMILES string of the molecule is COC(=O)c1ccccc1C1CCN(CCN2C=COC(c3cccc(O)c3)=C2)CC1. The van der Waals surface area contributed by atoms with Crippen molar-refractivity contribution < 1.29 is 19.4 Å². The van der Waals surface area contributed by atoms with E-state index >= 15 is 0 Å². The maximum absolute atomic E-state index is 12.1. The molecule has 0 radical (unpaired) electrons. The summed E-state index contributed by atoms with van der Waals surface area (Å²) in [6.07, 6.45) is 7.61. The highest BCUT2D eigenvalue weighted by Gasteiger charge is 2.24. The molecule has 0 bridgehead atoms. The number of hydrogen-bond donors (Lipinski definition) is 1. The molecule has 2 aliphatic rings. The van der Waals surface area contributed by atoms with E-state index < -0.39 is 0 Å². The van der Waals surface area contributed by atoms with Crippen molar-refractivity contribution in [2.24, 2.45) is 0 Å². The number of ether oxygens (including phenoxy) is 2. The number of likely N-dealkylation sites (tertiary alicyclic amines) is 1. The Morgan fingerprint density at radius 3 is 2.71 bits per heavy atom. The molecule has 0 saturated carbocycles. The summed E-state index contributed by atoms with van der Waals surface area (Å²) in [5, 5.41) is 9.70. The highest BCUT2D eigenvalue weighted by Crippen LogP contribution is 2.31. The van der Waals surface area contributed by atoms with Gasteiger partial charge < -0.3 is 24.4 Å². The Morgan fingerprint density at radius 2 is 1.94 bits per heavy atom. The number of rotatable bonds is 6. The Hall–Kier alpha value is -3.25. The Balaban J connectivity index is 1.31. The highest BCUT2D eigenvalue weighted by molar-refractivity contribution is 5.91. The quantitative estimate of drug-likeness (QED) is 0.708. The average Bonchev–Trinajstić information content (AvgIpc) is 2.83. The minimum Gasteiger partial charge on any atom is -0.508 e. The molecule has 0 aromatic heterocycles. The first-order chi connectivity index (χ1) is 15.1. The molecule has 1 saturated heterocycles. The van der Waals surface area contributed by atoms with E-state index in [0.717, 1.165) is 55.9 Å². The Bertz CT molecular complexity index is 977. The van der Waals surface area contributed by atoms with Crippen molar-refractivity contribution in [1.29, 1.82) is 0 Å². The van der Waals surface area contributed by atoms with Crippen LogP contribution in [0.4, 0.5) is 0 Å². The van der Waals surface area contributed by atoms with Gasteiger partial charge in [0.05, 0.1) is 12.7 Å². The van der Waals surface area contributed by atoms with Gasteiger partial charge in [-0.2, -0.15) is 0 Å². The summed E-state index contributed by atoms with van der Waals surface area (Å²) in [4.78, 5) is 16.7. The van der Waals surface area contributed by atoms with Crippen LogP contribution in [-0.4, -0.2) is 54.2 Å². The number of methoxy groups -OCH3 is 1. The van der Waals surface area contributed by atoms with E-state index in [1.165, 1.54) is 7.11 Å². The third-order valence-corrected chi connectivity index (χ3v) is 5.93. The second-order valence-corrected chi connectivity index (χ2v) is 7.88. The molecule has 1 N–H and O–H groups in total. The molecular weight excluding hydrogens is 392 g/mol. The molecule has 31 heavy (non-hydrogen) atoms. The molecule has 6 heteroatoms. The number of hydrogen-bond acceptors (Lipinski definition) is 6. The third kappa shape index (κ3) is 5.09. The molecule has 6 nitrogen and oxygen atoms in total. The highest BCUT2D eigenvalue weighted by atomic mass is 16.5. The number of phenols is 1. The van der Waals surface area contributed by atoms with E-state index in [9.17, 15) is 9.90 Å². The smallest absolute Gasteiger partial charge is 0.338 e. The number of carbonyl (C=O) groups excluding carboxylic acids is 1. The predicted molar refractivity (Wildman–Crippen MR) is 119 cm³/mol. The number of aromatic hydroxyl groups is 1. The monoisotopic (exact) mass is 420 g/mol. The molecule has 0 atom stereocenters. The van der Waals surface area contributed by atoms with Crippen LogP contribution in [0.1, 0.15) is 40.2 Å². The molecule has 4 rings (SSSR count). The Morgan fingerprint density at radius 1 is 1.13 bits per heavy atom. The maximum atomic E-state index is 12.1. The van der Waals surface area contributed by atoms with Crippen LogP contribution in [0.5, 0.6) is 5.75 Å². The summed E-state index contributed by atoms with van der Waals surface area (Å²) in [6, 6.07) is 14.9. The largest absolute Gasteiger partial charge is 0.508 e. The molecule has 2 aromatic rings. The normalized spacial score (nSPS) is 17.2. The van der Waals surface area contributed by atoms with E-state index in [0.29, 0.717) is 11.5 Å². The standard InChI is InChI=1S/C25H28N2O4/c1-30-25(29)23-8-3-2-7-22(23)19-9-11-26(12-10-19)13-14-27-15-16-31-24(18-27)20-5-4-6-21(28)17-20/h2-8,15-19,28H,9-14H2,1H3. The first-order valence-corrected chi connectivity index (χ1v) is 10.6. The van der Waals surface area contributed by atoms with Crippen molar-refractivity contribution in [3.8, 4) is 5.75 Å². The predicted octanol–water partition coefficient (Wildman–Crippen LogP) is 4.16. The average molecular weight is 421 g/mol. The molecule has 0 spiro atoms. The van der Waals surface area contributed by atoms with Gasteiger partial charge in [0.15, 0.2) is 0 Å². The fourth-order valence-corrected chi connectivity index (χ4v) is 4.22. The van der Waals surface area contributed by atoms with Crippen molar-refractivity contribution >= 4 is 11.7 Å². The van der Waals surface area contributed by atoms with Gasteiger partial charge in [-0.3, -0.25) is 0 Å². The van der Waals surface area contributed by atoms with Crippen LogP contribution >= 0.6 is 0 Å². The fourth-order valence-electron chi connectivity index (χ4n) is 4.22. The van der Waals surface area contributed by atoms with Crippen molar-refractivity contribution in [2.75, 3.05) is 33.3 Å². The van der Waals surface area contributed by atoms with Gasteiger partial charge in [-0.15, -0.1) is 0 Å². The zero-order chi connectivity index (χ0) is 21.6. The molecule has 2 aromatic carbocycles. The van der Waals surface area contributed by atoms with E-state index in [1.807, 2.05) is 36.7 Å². The molecule has 0 unspecified atom stereocenters. The molecular formula is C25H28N2O4. The van der Waals surface area contributed by atoms with Crippen molar-refractivity contribution in [1.82, 2.24) is 9.80 Å². The van der Waals surface area contributed by atoms with Gasteiger partial charge in [-0.1, -0.05) is 30.3 Å². The topological polar surface area (TPSA) is 62.2 Å². The summed E-state index contributed by atoms with van der Waals surface area (Å²) in [5.74, 6) is 1.06. The number of nitrogens with zero attached hydrogens (tertiary/aromatic N) is 2. The van der Waals surface area contributed by atoms with E-state index in [-0.39, 0.29) is 11.7 Å². The van der Waals surface area contributed by atoms with Gasteiger partial charge in [0.1, 0.15) is 17.8 Å². The zero-order valence-corrected chi connectivity index (χ0v) is 17.7. The number of esters is 1. The molecule has 1 fully saturated rings. The number of phenolic OH excluding ortho intramolecular Hbond substituents is 1. The minimum absolute atomic E-state index is 0.222. The van der Waals surface area contributed by atoms with Gasteiger partial charge in [0, 0.05) is 31.1 Å². The Labute approximate surface area is 183 Å². The lowest BCUT2D eigenvalue weighted by molar-refractivity contribution is 0.0598. The lowest BCUT2D eigenvalue weighted by Gasteiger charge is -2.34. The van der Waals surface area contributed by atoms with Crippen LogP contribution in [0.2, 0.25) is 0 Å². The van der Waals surface area contributed by atoms with Gasteiger partial charge in [0.25, 0.3) is 0 Å². The second kappa shape index (κ2) is 9.71. The molecule has 162 valence electrons. The molecule has 0 aliphatic carbocycles. The van der Waals surface area contributed by atoms with E-state index in [1.54, 1.807) is 24.5 Å². The van der Waals surface area contributed by atoms with Crippen LogP contribution < -0.4 is 0 Å². The Kier molecular flexibility index (Phi) is 6.57. The van der Waals surface area contributed by atoms with Crippen LogP contribution in [0.15, 0.2) is 67.2 Å². The summed E-state index contributed by atoms with van der Waals surface area (Å²) in [7, 11) is 1.43. The van der Waals surface area contributed by atoms with E-state index in [4.69, 9.17) is 9.47 Å². The number of carbonyl (C=O) groups is 1.